The molecule has 0 aliphatic carbocycles. The van der Waals surface area contributed by atoms with Gasteiger partial charge in [0.15, 0.2) is 0 Å². The molecule has 5 nitrogen and oxygen atoms in total. The van der Waals surface area contributed by atoms with Gasteiger partial charge in [0.25, 0.3) is 0 Å². The van der Waals surface area contributed by atoms with Crippen LogP contribution in [-0.4, -0.2) is 11.9 Å². The van der Waals surface area contributed by atoms with E-state index in [0.29, 0.717) is 17.2 Å². The van der Waals surface area contributed by atoms with Gasteiger partial charge in [-0.2, -0.15) is 0 Å². The summed E-state index contributed by atoms with van der Waals surface area (Å²) in [6, 6.07) is 21.6. The van der Waals surface area contributed by atoms with Crippen LogP contribution in [0.1, 0.15) is 20.7 Å². The highest BCUT2D eigenvalue weighted by atomic mass is 16.5. The molecule has 0 aromatic heterocycles. The summed E-state index contributed by atoms with van der Waals surface area (Å²) >= 11 is 0. The molecule has 124 valence electrons. The lowest BCUT2D eigenvalue weighted by molar-refractivity contribution is 0.0692. The van der Waals surface area contributed by atoms with Gasteiger partial charge in [0, 0.05) is 5.69 Å². The summed E-state index contributed by atoms with van der Waals surface area (Å²) in [7, 11) is 0. The number of nitrogens with two attached hydrogens (primary N) is 1. The van der Waals surface area contributed by atoms with Crippen LogP contribution in [0.15, 0.2) is 78.9 Å². The lowest BCUT2D eigenvalue weighted by Crippen LogP contribution is -2.18. The molecule has 3 aromatic rings. The van der Waals surface area contributed by atoms with Crippen molar-refractivity contribution in [3.63, 3.8) is 0 Å². The second kappa shape index (κ2) is 7.31. The molecule has 0 atom stereocenters. The van der Waals surface area contributed by atoms with E-state index in [-0.39, 0.29) is 11.1 Å². The Balaban J connectivity index is 1.87. The molecule has 0 saturated heterocycles. The summed E-state index contributed by atoms with van der Waals surface area (Å²) in [4.78, 5) is 24.9. The minimum Gasteiger partial charge on any atom is -0.423 e. The van der Waals surface area contributed by atoms with E-state index >= 15 is 0 Å². The van der Waals surface area contributed by atoms with Crippen LogP contribution in [0.5, 0.6) is 11.5 Å². The fourth-order valence-electron chi connectivity index (χ4n) is 2.21. The zero-order valence-electron chi connectivity index (χ0n) is 13.2. The Hall–Kier alpha value is -3.60. The first kappa shape index (κ1) is 16.3. The van der Waals surface area contributed by atoms with E-state index in [4.69, 9.17) is 15.2 Å². The van der Waals surface area contributed by atoms with E-state index in [1.165, 1.54) is 18.2 Å². The van der Waals surface area contributed by atoms with Crippen molar-refractivity contribution in [3.05, 3.63) is 90.0 Å². The van der Waals surface area contributed by atoms with Gasteiger partial charge in [-0.3, -0.25) is 0 Å². The van der Waals surface area contributed by atoms with Crippen LogP contribution in [-0.2, 0) is 0 Å². The molecular formula is C20H15NO4. The number of para-hydroxylation sites is 2. The molecular weight excluding hydrogens is 318 g/mol. The monoisotopic (exact) mass is 333 g/mol. The van der Waals surface area contributed by atoms with Gasteiger partial charge in [0.05, 0.1) is 11.1 Å². The molecule has 0 heterocycles. The summed E-state index contributed by atoms with van der Waals surface area (Å²) in [5, 5.41) is 0. The van der Waals surface area contributed by atoms with Crippen LogP contribution in [0, 0.1) is 0 Å². The Bertz CT molecular complexity index is 892. The molecule has 0 fully saturated rings. The summed E-state index contributed by atoms with van der Waals surface area (Å²) < 4.78 is 10.6. The van der Waals surface area contributed by atoms with Crippen molar-refractivity contribution in [2.24, 2.45) is 0 Å². The third-order valence-electron chi connectivity index (χ3n) is 3.39. The maximum Gasteiger partial charge on any atom is 0.344 e. The normalized spacial score (nSPS) is 10.1. The van der Waals surface area contributed by atoms with Crippen molar-refractivity contribution in [2.45, 2.75) is 0 Å². The van der Waals surface area contributed by atoms with E-state index < -0.39 is 11.9 Å². The number of hydrogen-bond donors (Lipinski definition) is 1. The second-order valence-electron chi connectivity index (χ2n) is 5.21. The number of hydrogen-bond acceptors (Lipinski definition) is 5. The van der Waals surface area contributed by atoms with Crippen LogP contribution >= 0.6 is 0 Å². The average molecular weight is 333 g/mol. The first-order valence-electron chi connectivity index (χ1n) is 7.57. The zero-order valence-corrected chi connectivity index (χ0v) is 13.2. The van der Waals surface area contributed by atoms with Crippen LogP contribution in [0.2, 0.25) is 0 Å². The largest absolute Gasteiger partial charge is 0.423 e. The number of rotatable bonds is 4. The Morgan fingerprint density at radius 2 is 1.12 bits per heavy atom. The fraction of sp³-hybridized carbons (Fsp3) is 0. The predicted octanol–water partition coefficient (Wildman–Crippen LogP) is 3.71. The quantitative estimate of drug-likeness (QED) is 0.447. The maximum absolute atomic E-state index is 12.5. The molecule has 3 aromatic carbocycles. The first-order chi connectivity index (χ1) is 12.1. The van der Waals surface area contributed by atoms with Crippen molar-refractivity contribution >= 4 is 17.6 Å². The summed E-state index contributed by atoms with van der Waals surface area (Å²) in [5.41, 5.74) is 6.22. The van der Waals surface area contributed by atoms with Gasteiger partial charge in [0.1, 0.15) is 11.5 Å². The average Bonchev–Trinajstić information content (AvgIpc) is 2.63. The topological polar surface area (TPSA) is 78.6 Å². The molecule has 0 aliphatic heterocycles. The third kappa shape index (κ3) is 4.03. The minimum absolute atomic E-state index is 0.0461. The van der Waals surface area contributed by atoms with Crippen molar-refractivity contribution in [1.82, 2.24) is 0 Å². The highest BCUT2D eigenvalue weighted by Gasteiger charge is 2.21. The van der Waals surface area contributed by atoms with Crippen LogP contribution in [0.3, 0.4) is 0 Å². The molecule has 3 rings (SSSR count). The molecule has 5 heteroatoms. The predicted molar refractivity (Wildman–Crippen MR) is 93.7 cm³/mol. The third-order valence-corrected chi connectivity index (χ3v) is 3.39. The van der Waals surface area contributed by atoms with Gasteiger partial charge in [-0.05, 0) is 42.5 Å². The van der Waals surface area contributed by atoms with E-state index in [0.717, 1.165) is 0 Å². The van der Waals surface area contributed by atoms with Crippen molar-refractivity contribution in [2.75, 3.05) is 5.73 Å². The van der Waals surface area contributed by atoms with Gasteiger partial charge in [-0.1, -0.05) is 36.4 Å². The zero-order chi connectivity index (χ0) is 17.6. The molecule has 0 aliphatic rings. The molecule has 0 radical (unpaired) electrons. The molecule has 2 N–H and O–H groups in total. The van der Waals surface area contributed by atoms with Crippen molar-refractivity contribution in [1.29, 1.82) is 0 Å². The summed E-state index contributed by atoms with van der Waals surface area (Å²) in [6.07, 6.45) is 0. The molecule has 25 heavy (non-hydrogen) atoms. The van der Waals surface area contributed by atoms with Gasteiger partial charge in [-0.25, -0.2) is 9.59 Å². The highest BCUT2D eigenvalue weighted by Crippen LogP contribution is 2.20. The summed E-state index contributed by atoms with van der Waals surface area (Å²) in [6.45, 7) is 0. The van der Waals surface area contributed by atoms with Crippen LogP contribution < -0.4 is 15.2 Å². The smallest absolute Gasteiger partial charge is 0.344 e. The SMILES string of the molecule is Nc1ccc(C(=O)Oc2ccccc2)c(C(=O)Oc2ccccc2)c1. The Morgan fingerprint density at radius 1 is 0.640 bits per heavy atom. The highest BCUT2D eigenvalue weighted by molar-refractivity contribution is 6.05. The Labute approximate surface area is 144 Å². The number of ether oxygens (including phenoxy) is 2. The standard InChI is InChI=1S/C20H15NO4/c21-14-11-12-17(19(22)24-15-7-3-1-4-8-15)18(13-14)20(23)25-16-9-5-2-6-10-16/h1-13H,21H2. The Morgan fingerprint density at radius 3 is 1.64 bits per heavy atom. The van der Waals surface area contributed by atoms with E-state index in [1.807, 2.05) is 6.07 Å². The van der Waals surface area contributed by atoms with E-state index in [2.05, 4.69) is 0 Å². The number of benzene rings is 3. The molecule has 0 unspecified atom stereocenters. The fourth-order valence-corrected chi connectivity index (χ4v) is 2.21. The van der Waals surface area contributed by atoms with Gasteiger partial charge >= 0.3 is 11.9 Å². The van der Waals surface area contributed by atoms with Crippen LogP contribution in [0.25, 0.3) is 0 Å². The van der Waals surface area contributed by atoms with Gasteiger partial charge in [0.2, 0.25) is 0 Å². The number of esters is 2. The Kier molecular flexibility index (Phi) is 4.76. The minimum atomic E-state index is -0.682. The number of anilines is 1. The summed E-state index contributed by atoms with van der Waals surface area (Å²) in [5.74, 6) is -0.589. The van der Waals surface area contributed by atoms with Crippen molar-refractivity contribution in [3.8, 4) is 11.5 Å². The van der Waals surface area contributed by atoms with Crippen LogP contribution in [0.4, 0.5) is 5.69 Å². The lowest BCUT2D eigenvalue weighted by Gasteiger charge is -2.10. The second-order valence-corrected chi connectivity index (χ2v) is 5.21. The molecule has 0 spiro atoms. The van der Waals surface area contributed by atoms with E-state index in [1.54, 1.807) is 54.6 Å². The van der Waals surface area contributed by atoms with E-state index in [9.17, 15) is 9.59 Å². The molecule has 0 amide bonds. The number of carbonyl (C=O) groups is 2. The van der Waals surface area contributed by atoms with Gasteiger partial charge in [-0.15, -0.1) is 0 Å². The first-order valence-corrected chi connectivity index (χ1v) is 7.57. The number of carbonyl (C=O) groups excluding carboxylic acids is 2. The number of nitrogen functional groups attached to an aromatic ring is 1. The van der Waals surface area contributed by atoms with Crippen molar-refractivity contribution < 1.29 is 19.1 Å². The maximum atomic E-state index is 12.5. The lowest BCUT2D eigenvalue weighted by atomic mass is 10.1. The van der Waals surface area contributed by atoms with Gasteiger partial charge < -0.3 is 15.2 Å². The molecule has 0 bridgehead atoms. The molecule has 0 saturated carbocycles.